The number of anilines is 1. The van der Waals surface area contributed by atoms with Crippen LogP contribution < -0.4 is 5.32 Å². The molecule has 6 nitrogen and oxygen atoms in total. The molecular formula is C13H19N5O. The standard InChI is InChI=1S/C13H19N5O/c1-4-6-9-7-12(16-15-9)14-13(19)10-8-18(3)17-11(10)5-2/h7-8H,4-6H2,1-3H3,(H2,14,15,16,19). The molecule has 0 spiro atoms. The number of rotatable bonds is 5. The van der Waals surface area contributed by atoms with Gasteiger partial charge in [-0.05, 0) is 12.8 Å². The van der Waals surface area contributed by atoms with E-state index in [0.29, 0.717) is 11.4 Å². The lowest BCUT2D eigenvalue weighted by Crippen LogP contribution is -2.13. The van der Waals surface area contributed by atoms with Gasteiger partial charge in [0.05, 0.1) is 11.3 Å². The van der Waals surface area contributed by atoms with E-state index >= 15 is 0 Å². The first-order chi connectivity index (χ1) is 9.13. The molecule has 0 saturated carbocycles. The summed E-state index contributed by atoms with van der Waals surface area (Å²) in [6, 6.07) is 1.86. The van der Waals surface area contributed by atoms with Crippen molar-refractivity contribution in [1.29, 1.82) is 0 Å². The zero-order chi connectivity index (χ0) is 13.8. The van der Waals surface area contributed by atoms with Gasteiger partial charge in [-0.3, -0.25) is 14.6 Å². The first-order valence-corrected chi connectivity index (χ1v) is 6.52. The largest absolute Gasteiger partial charge is 0.305 e. The van der Waals surface area contributed by atoms with Gasteiger partial charge in [0.1, 0.15) is 0 Å². The number of aryl methyl sites for hydroxylation is 3. The highest BCUT2D eigenvalue weighted by Crippen LogP contribution is 2.12. The van der Waals surface area contributed by atoms with Gasteiger partial charge in [-0.2, -0.15) is 10.2 Å². The van der Waals surface area contributed by atoms with E-state index in [4.69, 9.17) is 0 Å². The van der Waals surface area contributed by atoms with Crippen LogP contribution in [0.2, 0.25) is 0 Å². The fourth-order valence-corrected chi connectivity index (χ4v) is 1.99. The highest BCUT2D eigenvalue weighted by Gasteiger charge is 2.15. The maximum absolute atomic E-state index is 12.2. The highest BCUT2D eigenvalue weighted by atomic mass is 16.1. The van der Waals surface area contributed by atoms with Crippen molar-refractivity contribution in [2.45, 2.75) is 33.1 Å². The van der Waals surface area contributed by atoms with E-state index in [1.165, 1.54) is 0 Å². The van der Waals surface area contributed by atoms with Crippen LogP contribution in [0.15, 0.2) is 12.3 Å². The first kappa shape index (κ1) is 13.3. The molecule has 0 fully saturated rings. The maximum Gasteiger partial charge on any atom is 0.260 e. The number of carbonyl (C=O) groups is 1. The molecule has 0 unspecified atom stereocenters. The maximum atomic E-state index is 12.2. The molecule has 19 heavy (non-hydrogen) atoms. The summed E-state index contributed by atoms with van der Waals surface area (Å²) in [4.78, 5) is 12.2. The molecule has 2 aromatic rings. The van der Waals surface area contributed by atoms with Crippen LogP contribution in [-0.4, -0.2) is 25.9 Å². The zero-order valence-corrected chi connectivity index (χ0v) is 11.5. The molecule has 2 N–H and O–H groups in total. The average molecular weight is 261 g/mol. The van der Waals surface area contributed by atoms with Gasteiger partial charge in [0, 0.05) is 25.0 Å². The van der Waals surface area contributed by atoms with Crippen molar-refractivity contribution in [1.82, 2.24) is 20.0 Å². The van der Waals surface area contributed by atoms with Gasteiger partial charge in [-0.1, -0.05) is 20.3 Å². The van der Waals surface area contributed by atoms with Crippen LogP contribution in [0.1, 0.15) is 42.0 Å². The summed E-state index contributed by atoms with van der Waals surface area (Å²) in [7, 11) is 1.81. The molecule has 0 aromatic carbocycles. The van der Waals surface area contributed by atoms with Gasteiger partial charge in [-0.15, -0.1) is 0 Å². The van der Waals surface area contributed by atoms with Gasteiger partial charge < -0.3 is 5.32 Å². The molecule has 0 atom stereocenters. The van der Waals surface area contributed by atoms with E-state index in [2.05, 4.69) is 27.5 Å². The molecule has 0 aliphatic carbocycles. The number of nitrogens with one attached hydrogen (secondary N) is 2. The number of aromatic amines is 1. The summed E-state index contributed by atoms with van der Waals surface area (Å²) in [6.45, 7) is 4.08. The van der Waals surface area contributed by atoms with Crippen molar-refractivity contribution in [2.75, 3.05) is 5.32 Å². The van der Waals surface area contributed by atoms with Crippen LogP contribution >= 0.6 is 0 Å². The Morgan fingerprint density at radius 1 is 1.47 bits per heavy atom. The third-order valence-electron chi connectivity index (χ3n) is 2.88. The Balaban J connectivity index is 2.11. The van der Waals surface area contributed by atoms with Gasteiger partial charge in [0.15, 0.2) is 5.82 Å². The predicted molar refractivity (Wildman–Crippen MR) is 73.1 cm³/mol. The Morgan fingerprint density at radius 2 is 2.26 bits per heavy atom. The number of aromatic nitrogens is 4. The molecular weight excluding hydrogens is 242 g/mol. The number of H-pyrrole nitrogens is 1. The summed E-state index contributed by atoms with van der Waals surface area (Å²) < 4.78 is 1.65. The third-order valence-corrected chi connectivity index (χ3v) is 2.88. The number of hydrogen-bond donors (Lipinski definition) is 2. The fraction of sp³-hybridized carbons (Fsp3) is 0.462. The molecule has 2 rings (SSSR count). The lowest BCUT2D eigenvalue weighted by molar-refractivity contribution is 0.102. The molecule has 102 valence electrons. The normalized spacial score (nSPS) is 10.7. The highest BCUT2D eigenvalue weighted by molar-refractivity contribution is 6.04. The smallest absolute Gasteiger partial charge is 0.260 e. The summed E-state index contributed by atoms with van der Waals surface area (Å²) in [5, 5.41) is 14.0. The van der Waals surface area contributed by atoms with Crippen molar-refractivity contribution in [2.24, 2.45) is 7.05 Å². The van der Waals surface area contributed by atoms with E-state index in [-0.39, 0.29) is 5.91 Å². The van der Waals surface area contributed by atoms with Gasteiger partial charge in [0.25, 0.3) is 5.91 Å². The van der Waals surface area contributed by atoms with Crippen LogP contribution in [0.4, 0.5) is 5.82 Å². The van der Waals surface area contributed by atoms with Gasteiger partial charge in [-0.25, -0.2) is 0 Å². The number of carbonyl (C=O) groups excluding carboxylic acids is 1. The van der Waals surface area contributed by atoms with E-state index in [1.807, 2.05) is 20.0 Å². The molecule has 0 saturated heterocycles. The SMILES string of the molecule is CCCc1cc(NC(=O)c2cn(C)nc2CC)n[nH]1. The topological polar surface area (TPSA) is 75.6 Å². The average Bonchev–Trinajstić information content (AvgIpc) is 2.96. The minimum atomic E-state index is -0.167. The van der Waals surface area contributed by atoms with Crippen molar-refractivity contribution in [3.05, 3.63) is 29.2 Å². The molecule has 0 aliphatic heterocycles. The minimum absolute atomic E-state index is 0.167. The van der Waals surface area contributed by atoms with E-state index < -0.39 is 0 Å². The first-order valence-electron chi connectivity index (χ1n) is 6.52. The summed E-state index contributed by atoms with van der Waals surface area (Å²) >= 11 is 0. The van der Waals surface area contributed by atoms with Crippen LogP contribution in [-0.2, 0) is 19.9 Å². The summed E-state index contributed by atoms with van der Waals surface area (Å²) in [6.07, 6.45) is 4.42. The fourth-order valence-electron chi connectivity index (χ4n) is 1.99. The summed E-state index contributed by atoms with van der Waals surface area (Å²) in [5.74, 6) is 0.388. The third kappa shape index (κ3) is 3.01. The Labute approximate surface area is 112 Å². The molecule has 2 aromatic heterocycles. The van der Waals surface area contributed by atoms with Crippen molar-refractivity contribution in [3.63, 3.8) is 0 Å². The molecule has 6 heteroatoms. The van der Waals surface area contributed by atoms with Crippen LogP contribution in [0, 0.1) is 0 Å². The summed E-state index contributed by atoms with van der Waals surface area (Å²) in [5.41, 5.74) is 2.43. The minimum Gasteiger partial charge on any atom is -0.305 e. The second-order valence-electron chi connectivity index (χ2n) is 4.50. The number of nitrogens with zero attached hydrogens (tertiary/aromatic N) is 3. The predicted octanol–water partition coefficient (Wildman–Crippen LogP) is 1.91. The number of amides is 1. The van der Waals surface area contributed by atoms with Crippen LogP contribution in [0.3, 0.4) is 0 Å². The van der Waals surface area contributed by atoms with Crippen molar-refractivity contribution in [3.8, 4) is 0 Å². The monoisotopic (exact) mass is 261 g/mol. The Bertz CT molecular complexity index is 569. The lowest BCUT2D eigenvalue weighted by Gasteiger charge is -2.00. The number of hydrogen-bond acceptors (Lipinski definition) is 3. The Hall–Kier alpha value is -2.11. The molecule has 0 radical (unpaired) electrons. The molecule has 0 bridgehead atoms. The molecule has 2 heterocycles. The Kier molecular flexibility index (Phi) is 3.99. The van der Waals surface area contributed by atoms with Gasteiger partial charge >= 0.3 is 0 Å². The van der Waals surface area contributed by atoms with Crippen LogP contribution in [0.5, 0.6) is 0 Å². The Morgan fingerprint density at radius 3 is 2.95 bits per heavy atom. The van der Waals surface area contributed by atoms with Crippen molar-refractivity contribution < 1.29 is 4.79 Å². The molecule has 0 aliphatic rings. The zero-order valence-electron chi connectivity index (χ0n) is 11.5. The second-order valence-corrected chi connectivity index (χ2v) is 4.50. The van der Waals surface area contributed by atoms with Gasteiger partial charge in [0.2, 0.25) is 0 Å². The second kappa shape index (κ2) is 5.69. The molecule has 1 amide bonds. The van der Waals surface area contributed by atoms with Crippen molar-refractivity contribution >= 4 is 11.7 Å². The van der Waals surface area contributed by atoms with Crippen LogP contribution in [0.25, 0.3) is 0 Å². The van der Waals surface area contributed by atoms with E-state index in [1.54, 1.807) is 10.9 Å². The quantitative estimate of drug-likeness (QED) is 0.863. The van der Waals surface area contributed by atoms with E-state index in [0.717, 1.165) is 30.7 Å². The van der Waals surface area contributed by atoms with E-state index in [9.17, 15) is 4.79 Å². The lowest BCUT2D eigenvalue weighted by atomic mass is 10.2.